The highest BCUT2D eigenvalue weighted by atomic mass is 16.5. The van der Waals surface area contributed by atoms with Gasteiger partial charge in [-0.3, -0.25) is 0 Å². The lowest BCUT2D eigenvalue weighted by molar-refractivity contribution is 0.0783. The Morgan fingerprint density at radius 3 is 2.81 bits per heavy atom. The summed E-state index contributed by atoms with van der Waals surface area (Å²) in [5.74, 6) is 0.811. The second kappa shape index (κ2) is 4.30. The zero-order valence-electron chi connectivity index (χ0n) is 10.5. The first-order valence-corrected chi connectivity index (χ1v) is 7.22. The van der Waals surface area contributed by atoms with E-state index in [-0.39, 0.29) is 0 Å². The van der Waals surface area contributed by atoms with Crippen LogP contribution in [0.25, 0.3) is 0 Å². The number of hydrogen-bond acceptors (Lipinski definition) is 2. The number of fused-ring (bicyclic) bond motifs is 1. The summed E-state index contributed by atoms with van der Waals surface area (Å²) in [6.45, 7) is 3.24. The van der Waals surface area contributed by atoms with Gasteiger partial charge in [0.25, 0.3) is 0 Å². The molecule has 2 aliphatic heterocycles. The van der Waals surface area contributed by atoms with Crippen molar-refractivity contribution in [1.29, 1.82) is 0 Å². The van der Waals surface area contributed by atoms with Crippen LogP contribution in [-0.2, 0) is 4.74 Å². The van der Waals surface area contributed by atoms with Crippen LogP contribution >= 0.6 is 0 Å². The van der Waals surface area contributed by atoms with Gasteiger partial charge in [0, 0.05) is 17.5 Å². The highest BCUT2D eigenvalue weighted by Gasteiger charge is 2.46. The monoisotopic (exact) mass is 223 g/mol. The summed E-state index contributed by atoms with van der Waals surface area (Å²) in [4.78, 5) is 0. The Hall–Kier alpha value is -0.0800. The third-order valence-corrected chi connectivity index (χ3v) is 5.07. The molecule has 1 spiro atoms. The number of piperidine rings is 1. The largest absolute Gasteiger partial charge is 0.376 e. The third kappa shape index (κ3) is 1.80. The molecule has 0 aromatic heterocycles. The fourth-order valence-corrected chi connectivity index (χ4v) is 4.21. The minimum absolute atomic E-state index is 0.519. The fraction of sp³-hybridized carbons (Fsp3) is 1.00. The van der Waals surface area contributed by atoms with Crippen molar-refractivity contribution in [2.75, 3.05) is 6.61 Å². The molecule has 0 aromatic carbocycles. The predicted molar refractivity (Wildman–Crippen MR) is 65.5 cm³/mol. The van der Waals surface area contributed by atoms with E-state index in [2.05, 4.69) is 12.2 Å². The van der Waals surface area contributed by atoms with E-state index in [4.69, 9.17) is 4.74 Å². The summed E-state index contributed by atoms with van der Waals surface area (Å²) >= 11 is 0. The molecule has 3 aliphatic rings. The Labute approximate surface area is 99.1 Å². The first-order chi connectivity index (χ1) is 7.83. The summed E-state index contributed by atoms with van der Waals surface area (Å²) in [7, 11) is 0. The second-order valence-electron chi connectivity index (χ2n) is 6.10. The standard InChI is InChI=1S/C14H25NO/c1-2-5-13-11-6-9-14(7-3-4-8-14)15-12(11)10-16-13/h11-13,15H,2-10H2,1H3. The average Bonchev–Trinajstić information content (AvgIpc) is 2.88. The van der Waals surface area contributed by atoms with Crippen LogP contribution in [0.15, 0.2) is 0 Å². The average molecular weight is 223 g/mol. The van der Waals surface area contributed by atoms with Crippen LogP contribution in [-0.4, -0.2) is 24.3 Å². The molecule has 0 bridgehead atoms. The van der Waals surface area contributed by atoms with E-state index in [1.54, 1.807) is 0 Å². The van der Waals surface area contributed by atoms with Gasteiger partial charge in [-0.15, -0.1) is 0 Å². The summed E-state index contributed by atoms with van der Waals surface area (Å²) in [5, 5.41) is 3.95. The Morgan fingerprint density at radius 1 is 1.25 bits per heavy atom. The third-order valence-electron chi connectivity index (χ3n) is 5.07. The smallest absolute Gasteiger partial charge is 0.0627 e. The number of nitrogens with one attached hydrogen (secondary N) is 1. The van der Waals surface area contributed by atoms with Crippen LogP contribution in [0.5, 0.6) is 0 Å². The molecule has 0 aromatic rings. The number of rotatable bonds is 2. The van der Waals surface area contributed by atoms with Gasteiger partial charge < -0.3 is 10.1 Å². The maximum Gasteiger partial charge on any atom is 0.0627 e. The molecule has 2 heteroatoms. The number of ether oxygens (including phenoxy) is 1. The van der Waals surface area contributed by atoms with Gasteiger partial charge in [-0.25, -0.2) is 0 Å². The minimum Gasteiger partial charge on any atom is -0.376 e. The van der Waals surface area contributed by atoms with Crippen LogP contribution in [0, 0.1) is 5.92 Å². The molecule has 3 unspecified atom stereocenters. The van der Waals surface area contributed by atoms with Crippen molar-refractivity contribution in [2.24, 2.45) is 5.92 Å². The maximum atomic E-state index is 5.98. The topological polar surface area (TPSA) is 21.3 Å². The lowest BCUT2D eigenvalue weighted by Crippen LogP contribution is -2.55. The van der Waals surface area contributed by atoms with Crippen LogP contribution in [0.4, 0.5) is 0 Å². The molecule has 1 saturated carbocycles. The summed E-state index contributed by atoms with van der Waals surface area (Å²) in [6.07, 6.45) is 11.6. The Morgan fingerprint density at radius 2 is 2.06 bits per heavy atom. The van der Waals surface area contributed by atoms with E-state index >= 15 is 0 Å². The van der Waals surface area contributed by atoms with Crippen molar-refractivity contribution in [3.05, 3.63) is 0 Å². The van der Waals surface area contributed by atoms with Gasteiger partial charge in [-0.05, 0) is 32.1 Å². The Kier molecular flexibility index (Phi) is 2.97. The van der Waals surface area contributed by atoms with Crippen molar-refractivity contribution in [2.45, 2.75) is 76.0 Å². The minimum atomic E-state index is 0.519. The molecule has 2 heterocycles. The van der Waals surface area contributed by atoms with Crippen molar-refractivity contribution in [3.63, 3.8) is 0 Å². The van der Waals surface area contributed by atoms with Crippen LogP contribution in [0.2, 0.25) is 0 Å². The number of hydrogen-bond donors (Lipinski definition) is 1. The molecule has 16 heavy (non-hydrogen) atoms. The van der Waals surface area contributed by atoms with Crippen LogP contribution < -0.4 is 5.32 Å². The first-order valence-electron chi connectivity index (χ1n) is 7.22. The van der Waals surface area contributed by atoms with E-state index in [1.807, 2.05) is 0 Å². The Bertz CT molecular complexity index is 247. The molecule has 0 radical (unpaired) electrons. The summed E-state index contributed by atoms with van der Waals surface area (Å²) in [5.41, 5.74) is 0.519. The van der Waals surface area contributed by atoms with Crippen LogP contribution in [0.3, 0.4) is 0 Å². The van der Waals surface area contributed by atoms with Gasteiger partial charge >= 0.3 is 0 Å². The first kappa shape index (κ1) is 11.0. The molecule has 92 valence electrons. The van der Waals surface area contributed by atoms with Gasteiger partial charge in [-0.1, -0.05) is 26.2 Å². The van der Waals surface area contributed by atoms with Gasteiger partial charge in [0.1, 0.15) is 0 Å². The van der Waals surface area contributed by atoms with Gasteiger partial charge in [0.15, 0.2) is 0 Å². The van der Waals surface area contributed by atoms with Crippen LogP contribution in [0.1, 0.15) is 58.3 Å². The molecule has 3 rings (SSSR count). The van der Waals surface area contributed by atoms with E-state index in [9.17, 15) is 0 Å². The zero-order chi connectivity index (χ0) is 11.0. The van der Waals surface area contributed by atoms with Crippen molar-refractivity contribution in [3.8, 4) is 0 Å². The van der Waals surface area contributed by atoms with E-state index in [0.29, 0.717) is 17.7 Å². The Balaban J connectivity index is 1.65. The highest BCUT2D eigenvalue weighted by Crippen LogP contribution is 2.42. The summed E-state index contributed by atoms with van der Waals surface area (Å²) < 4.78 is 5.98. The quantitative estimate of drug-likeness (QED) is 0.777. The molecule has 3 fully saturated rings. The van der Waals surface area contributed by atoms with Gasteiger partial charge in [0.05, 0.1) is 12.7 Å². The maximum absolute atomic E-state index is 5.98. The molecule has 2 nitrogen and oxygen atoms in total. The molecule has 1 aliphatic carbocycles. The molecule has 0 amide bonds. The molecule has 1 N–H and O–H groups in total. The molecular formula is C14H25NO. The lowest BCUT2D eigenvalue weighted by Gasteiger charge is -2.42. The van der Waals surface area contributed by atoms with Gasteiger partial charge in [-0.2, -0.15) is 0 Å². The fourth-order valence-electron chi connectivity index (χ4n) is 4.21. The van der Waals surface area contributed by atoms with Crippen molar-refractivity contribution < 1.29 is 4.74 Å². The summed E-state index contributed by atoms with van der Waals surface area (Å²) in [6, 6.07) is 0.670. The predicted octanol–water partition coefficient (Wildman–Crippen LogP) is 2.87. The van der Waals surface area contributed by atoms with E-state index in [1.165, 1.54) is 51.4 Å². The SMILES string of the molecule is CCCC1OCC2NC3(CCCC3)CCC21. The lowest BCUT2D eigenvalue weighted by atomic mass is 9.77. The second-order valence-corrected chi connectivity index (χ2v) is 6.10. The van der Waals surface area contributed by atoms with E-state index in [0.717, 1.165) is 12.5 Å². The normalized spacial score (nSPS) is 41.4. The molecule has 2 saturated heterocycles. The van der Waals surface area contributed by atoms with Crippen molar-refractivity contribution >= 4 is 0 Å². The van der Waals surface area contributed by atoms with Crippen molar-refractivity contribution in [1.82, 2.24) is 5.32 Å². The van der Waals surface area contributed by atoms with E-state index < -0.39 is 0 Å². The zero-order valence-corrected chi connectivity index (χ0v) is 10.5. The highest BCUT2D eigenvalue weighted by molar-refractivity contribution is 5.03. The molecular weight excluding hydrogens is 198 g/mol. The van der Waals surface area contributed by atoms with Gasteiger partial charge in [0.2, 0.25) is 0 Å². The molecule has 3 atom stereocenters.